The zero-order valence-electron chi connectivity index (χ0n) is 16.2. The van der Waals surface area contributed by atoms with Gasteiger partial charge in [0.05, 0.1) is 5.92 Å². The number of nitrogens with one attached hydrogen (secondary N) is 1. The van der Waals surface area contributed by atoms with Crippen molar-refractivity contribution in [2.24, 2.45) is 17.6 Å². The highest BCUT2D eigenvalue weighted by Crippen LogP contribution is 2.24. The number of halogens is 1. The summed E-state index contributed by atoms with van der Waals surface area (Å²) in [7, 11) is 1.65. The fourth-order valence-corrected chi connectivity index (χ4v) is 3.34. The molecule has 0 saturated carbocycles. The molecule has 1 fully saturated rings. The number of amides is 2. The van der Waals surface area contributed by atoms with Crippen molar-refractivity contribution < 1.29 is 14.3 Å². The van der Waals surface area contributed by atoms with E-state index in [1.54, 1.807) is 7.11 Å². The minimum Gasteiger partial charge on any atom is -0.385 e. The molecule has 152 valence electrons. The number of hydrogen-bond acceptors (Lipinski definition) is 4. The van der Waals surface area contributed by atoms with Crippen molar-refractivity contribution >= 4 is 24.2 Å². The fraction of sp³-hybridized carbons (Fsp3) is 0.600. The second kappa shape index (κ2) is 12.0. The Balaban J connectivity index is 0.00000364. The van der Waals surface area contributed by atoms with Crippen LogP contribution in [-0.2, 0) is 14.3 Å². The van der Waals surface area contributed by atoms with Crippen LogP contribution in [-0.4, -0.2) is 50.1 Å². The van der Waals surface area contributed by atoms with E-state index in [0.717, 1.165) is 12.0 Å². The molecule has 1 aromatic carbocycles. The zero-order valence-corrected chi connectivity index (χ0v) is 17.0. The summed E-state index contributed by atoms with van der Waals surface area (Å²) in [4.78, 5) is 26.8. The Kier molecular flexibility index (Phi) is 10.4. The molecule has 2 rings (SSSR count). The molecule has 6 nitrogen and oxygen atoms in total. The number of nitrogens with zero attached hydrogens (tertiary/aromatic N) is 1. The van der Waals surface area contributed by atoms with Gasteiger partial charge in [-0.2, -0.15) is 0 Å². The molecule has 0 aromatic heterocycles. The summed E-state index contributed by atoms with van der Waals surface area (Å²) >= 11 is 0. The number of nitrogens with two attached hydrogens (primary N) is 1. The maximum atomic E-state index is 12.8. The van der Waals surface area contributed by atoms with Crippen LogP contribution in [0, 0.1) is 11.8 Å². The quantitative estimate of drug-likeness (QED) is 0.658. The molecule has 0 spiro atoms. The van der Waals surface area contributed by atoms with E-state index in [4.69, 9.17) is 10.5 Å². The van der Waals surface area contributed by atoms with Gasteiger partial charge in [0.25, 0.3) is 0 Å². The smallest absolute Gasteiger partial charge is 0.227 e. The van der Waals surface area contributed by atoms with Crippen LogP contribution < -0.4 is 11.1 Å². The van der Waals surface area contributed by atoms with Crippen LogP contribution in [0.2, 0.25) is 0 Å². The number of rotatable bonds is 8. The second-order valence-corrected chi connectivity index (χ2v) is 6.96. The summed E-state index contributed by atoms with van der Waals surface area (Å²) in [6.45, 7) is 4.39. The molecule has 27 heavy (non-hydrogen) atoms. The molecule has 0 radical (unpaired) electrons. The highest BCUT2D eigenvalue weighted by atomic mass is 35.5. The standard InChI is InChI=1S/C20H31N3O3.ClH/c1-15(18(21)16-7-4-3-5-8-16)20(25)23-12-9-17(10-13-23)19(24)22-11-6-14-26-2;/h3-5,7-8,15,17-18H,6,9-14,21H2,1-2H3,(H,22,24);1H. The lowest BCUT2D eigenvalue weighted by molar-refractivity contribution is -0.139. The van der Waals surface area contributed by atoms with Crippen LogP contribution in [0.5, 0.6) is 0 Å². The van der Waals surface area contributed by atoms with E-state index < -0.39 is 0 Å². The largest absolute Gasteiger partial charge is 0.385 e. The SMILES string of the molecule is COCCCNC(=O)C1CCN(C(=O)C(C)C(N)c2ccccc2)CC1.Cl. The number of piperidine rings is 1. The number of hydrogen-bond donors (Lipinski definition) is 2. The van der Waals surface area contributed by atoms with E-state index in [9.17, 15) is 9.59 Å². The van der Waals surface area contributed by atoms with Gasteiger partial charge in [-0.15, -0.1) is 12.4 Å². The Morgan fingerprint density at radius 2 is 1.89 bits per heavy atom. The van der Waals surface area contributed by atoms with Crippen molar-refractivity contribution in [3.8, 4) is 0 Å². The third kappa shape index (κ3) is 6.79. The molecule has 2 amide bonds. The summed E-state index contributed by atoms with van der Waals surface area (Å²) in [6, 6.07) is 9.40. The molecule has 1 aliphatic rings. The van der Waals surface area contributed by atoms with Crippen LogP contribution in [0.25, 0.3) is 0 Å². The molecule has 1 heterocycles. The fourth-order valence-electron chi connectivity index (χ4n) is 3.34. The highest BCUT2D eigenvalue weighted by Gasteiger charge is 2.31. The topological polar surface area (TPSA) is 84.7 Å². The van der Waals surface area contributed by atoms with E-state index in [2.05, 4.69) is 5.32 Å². The van der Waals surface area contributed by atoms with Crippen molar-refractivity contribution in [1.29, 1.82) is 0 Å². The third-order valence-corrected chi connectivity index (χ3v) is 5.11. The zero-order chi connectivity index (χ0) is 18.9. The number of likely N-dealkylation sites (tertiary alicyclic amines) is 1. The maximum absolute atomic E-state index is 12.8. The summed E-state index contributed by atoms with van der Waals surface area (Å²) in [5.41, 5.74) is 7.25. The molecule has 3 N–H and O–H groups in total. The van der Waals surface area contributed by atoms with Gasteiger partial charge in [-0.3, -0.25) is 9.59 Å². The minimum absolute atomic E-state index is 0. The number of carbonyl (C=O) groups is 2. The summed E-state index contributed by atoms with van der Waals surface area (Å²) < 4.78 is 4.98. The monoisotopic (exact) mass is 397 g/mol. The molecule has 7 heteroatoms. The van der Waals surface area contributed by atoms with Gasteiger partial charge in [0.1, 0.15) is 0 Å². The summed E-state index contributed by atoms with van der Waals surface area (Å²) in [6.07, 6.45) is 2.22. The molecular weight excluding hydrogens is 366 g/mol. The van der Waals surface area contributed by atoms with Crippen LogP contribution in [0.1, 0.15) is 37.8 Å². The highest BCUT2D eigenvalue weighted by molar-refractivity contribution is 5.85. The Bertz CT molecular complexity index is 577. The predicted octanol–water partition coefficient (Wildman–Crippen LogP) is 2.14. The van der Waals surface area contributed by atoms with E-state index in [-0.39, 0.29) is 42.1 Å². The van der Waals surface area contributed by atoms with Gasteiger partial charge in [-0.25, -0.2) is 0 Å². The van der Waals surface area contributed by atoms with Gasteiger partial charge < -0.3 is 20.7 Å². The first-order valence-electron chi connectivity index (χ1n) is 9.40. The van der Waals surface area contributed by atoms with Crippen LogP contribution in [0.15, 0.2) is 30.3 Å². The first-order chi connectivity index (χ1) is 12.5. The molecule has 0 bridgehead atoms. The first kappa shape index (κ1) is 23.4. The molecule has 1 saturated heterocycles. The van der Waals surface area contributed by atoms with Crippen molar-refractivity contribution in [1.82, 2.24) is 10.2 Å². The average Bonchev–Trinajstić information content (AvgIpc) is 2.70. The average molecular weight is 398 g/mol. The number of ether oxygens (including phenoxy) is 1. The lowest BCUT2D eigenvalue weighted by atomic mass is 9.91. The molecule has 2 unspecified atom stereocenters. The molecular formula is C20H32ClN3O3. The second-order valence-electron chi connectivity index (χ2n) is 6.96. The van der Waals surface area contributed by atoms with Crippen molar-refractivity contribution in [3.63, 3.8) is 0 Å². The summed E-state index contributed by atoms with van der Waals surface area (Å²) in [5, 5.41) is 2.95. The van der Waals surface area contributed by atoms with Crippen molar-refractivity contribution in [2.45, 2.75) is 32.2 Å². The minimum atomic E-state index is -0.314. The van der Waals surface area contributed by atoms with E-state index in [1.807, 2.05) is 42.2 Å². The summed E-state index contributed by atoms with van der Waals surface area (Å²) in [5.74, 6) is -0.140. The van der Waals surface area contributed by atoms with Gasteiger partial charge in [-0.05, 0) is 24.8 Å². The molecule has 1 aliphatic heterocycles. The lowest BCUT2D eigenvalue weighted by Crippen LogP contribution is -2.46. The molecule has 0 aliphatic carbocycles. The van der Waals surface area contributed by atoms with Gasteiger partial charge in [0.15, 0.2) is 0 Å². The van der Waals surface area contributed by atoms with Crippen LogP contribution in [0.3, 0.4) is 0 Å². The van der Waals surface area contributed by atoms with Gasteiger partial charge in [0, 0.05) is 45.3 Å². The number of methoxy groups -OCH3 is 1. The van der Waals surface area contributed by atoms with Gasteiger partial charge in [-0.1, -0.05) is 37.3 Å². The van der Waals surface area contributed by atoms with Crippen molar-refractivity contribution in [2.75, 3.05) is 33.4 Å². The maximum Gasteiger partial charge on any atom is 0.227 e. The van der Waals surface area contributed by atoms with Gasteiger partial charge >= 0.3 is 0 Å². The Hall–Kier alpha value is -1.63. The Labute approximate surface area is 168 Å². The van der Waals surface area contributed by atoms with Crippen LogP contribution in [0.4, 0.5) is 0 Å². The number of carbonyl (C=O) groups excluding carboxylic acids is 2. The Morgan fingerprint density at radius 1 is 1.26 bits per heavy atom. The third-order valence-electron chi connectivity index (χ3n) is 5.11. The van der Waals surface area contributed by atoms with Crippen molar-refractivity contribution in [3.05, 3.63) is 35.9 Å². The molecule has 2 atom stereocenters. The lowest BCUT2D eigenvalue weighted by Gasteiger charge is -2.34. The normalized spacial score (nSPS) is 16.9. The predicted molar refractivity (Wildman–Crippen MR) is 109 cm³/mol. The van der Waals surface area contributed by atoms with Gasteiger partial charge in [0.2, 0.25) is 11.8 Å². The molecule has 1 aromatic rings. The van der Waals surface area contributed by atoms with E-state index in [0.29, 0.717) is 39.1 Å². The van der Waals surface area contributed by atoms with Crippen LogP contribution >= 0.6 is 12.4 Å². The first-order valence-corrected chi connectivity index (χ1v) is 9.40. The van der Waals surface area contributed by atoms with E-state index in [1.165, 1.54) is 0 Å². The Morgan fingerprint density at radius 3 is 2.48 bits per heavy atom. The number of benzene rings is 1. The van der Waals surface area contributed by atoms with E-state index >= 15 is 0 Å².